The fraction of sp³-hybridized carbons (Fsp3) is 0.0714. The maximum Gasteiger partial charge on any atom is 0.146 e. The molecule has 2 nitrogen and oxygen atoms in total. The normalized spacial score (nSPS) is 10.3. The summed E-state index contributed by atoms with van der Waals surface area (Å²) in [4.78, 5) is 0.197. The lowest BCUT2D eigenvalue weighted by Crippen LogP contribution is -2.13. The van der Waals surface area contributed by atoms with Gasteiger partial charge in [0.2, 0.25) is 0 Å². The van der Waals surface area contributed by atoms with Crippen LogP contribution in [0.2, 0.25) is 0 Å². The molecule has 0 bridgehead atoms. The third-order valence-electron chi connectivity index (χ3n) is 2.73. The van der Waals surface area contributed by atoms with E-state index in [-0.39, 0.29) is 10.7 Å². The molecule has 3 N–H and O–H groups in total. The molecule has 2 aromatic rings. The van der Waals surface area contributed by atoms with Crippen molar-refractivity contribution in [2.75, 3.05) is 5.32 Å². The van der Waals surface area contributed by atoms with E-state index in [1.165, 1.54) is 0 Å². The van der Waals surface area contributed by atoms with Crippen LogP contribution in [0.3, 0.4) is 0 Å². The van der Waals surface area contributed by atoms with Crippen LogP contribution in [-0.2, 0) is 0 Å². The molecular formula is C14H12F2N2S. The van der Waals surface area contributed by atoms with Gasteiger partial charge in [-0.05, 0) is 30.7 Å². The Bertz CT molecular complexity index is 641. The molecule has 0 aliphatic rings. The monoisotopic (exact) mass is 278 g/mol. The summed E-state index contributed by atoms with van der Waals surface area (Å²) in [6.45, 7) is 1.83. The van der Waals surface area contributed by atoms with E-state index in [2.05, 4.69) is 5.32 Å². The zero-order chi connectivity index (χ0) is 14.0. The van der Waals surface area contributed by atoms with Gasteiger partial charge in [0.25, 0.3) is 0 Å². The molecule has 0 atom stereocenters. The van der Waals surface area contributed by atoms with E-state index in [1.54, 1.807) is 12.1 Å². The molecule has 0 saturated carbocycles. The summed E-state index contributed by atoms with van der Waals surface area (Å²) in [7, 11) is 0. The summed E-state index contributed by atoms with van der Waals surface area (Å²) in [6.07, 6.45) is 0. The van der Waals surface area contributed by atoms with Gasteiger partial charge in [-0.3, -0.25) is 0 Å². The minimum Gasteiger partial charge on any atom is -0.389 e. The Balaban J connectivity index is 2.49. The molecule has 0 aliphatic carbocycles. The van der Waals surface area contributed by atoms with E-state index in [4.69, 9.17) is 18.0 Å². The SMILES string of the molecule is Cc1cccc(C(N)=S)c1Nc1cc(F)ccc1F. The Kier molecular flexibility index (Phi) is 3.76. The second-order valence-electron chi connectivity index (χ2n) is 4.11. The van der Waals surface area contributed by atoms with Crippen molar-refractivity contribution >= 4 is 28.6 Å². The third kappa shape index (κ3) is 2.88. The minimum atomic E-state index is -0.543. The Morgan fingerprint density at radius 2 is 1.95 bits per heavy atom. The molecule has 2 rings (SSSR count). The van der Waals surface area contributed by atoms with Crippen LogP contribution in [0.15, 0.2) is 36.4 Å². The van der Waals surface area contributed by atoms with Crippen molar-refractivity contribution in [2.24, 2.45) is 5.73 Å². The summed E-state index contributed by atoms with van der Waals surface area (Å²) in [5.41, 5.74) is 7.70. The highest BCUT2D eigenvalue weighted by molar-refractivity contribution is 7.80. The number of thiocarbonyl (C=S) groups is 1. The van der Waals surface area contributed by atoms with Gasteiger partial charge >= 0.3 is 0 Å². The van der Waals surface area contributed by atoms with Crippen LogP contribution in [-0.4, -0.2) is 4.99 Å². The van der Waals surface area contributed by atoms with Crippen LogP contribution in [0.25, 0.3) is 0 Å². The maximum atomic E-state index is 13.6. The van der Waals surface area contributed by atoms with E-state index in [0.29, 0.717) is 11.3 Å². The molecular weight excluding hydrogens is 266 g/mol. The molecule has 0 fully saturated rings. The highest BCUT2D eigenvalue weighted by atomic mass is 32.1. The number of benzene rings is 2. The largest absolute Gasteiger partial charge is 0.389 e. The topological polar surface area (TPSA) is 38.0 Å². The zero-order valence-corrected chi connectivity index (χ0v) is 11.0. The zero-order valence-electron chi connectivity index (χ0n) is 10.2. The van der Waals surface area contributed by atoms with Gasteiger partial charge in [0, 0.05) is 11.6 Å². The van der Waals surface area contributed by atoms with Crippen LogP contribution >= 0.6 is 12.2 Å². The van der Waals surface area contributed by atoms with Crippen LogP contribution in [0.4, 0.5) is 20.2 Å². The van der Waals surface area contributed by atoms with E-state index in [9.17, 15) is 8.78 Å². The van der Waals surface area contributed by atoms with Gasteiger partial charge in [-0.2, -0.15) is 0 Å². The third-order valence-corrected chi connectivity index (χ3v) is 2.95. The lowest BCUT2D eigenvalue weighted by molar-refractivity contribution is 0.603. The second-order valence-corrected chi connectivity index (χ2v) is 4.55. The summed E-state index contributed by atoms with van der Waals surface area (Å²) < 4.78 is 26.8. The van der Waals surface area contributed by atoms with E-state index in [0.717, 1.165) is 23.8 Å². The predicted octanol–water partition coefficient (Wildman–Crippen LogP) is 3.65. The van der Waals surface area contributed by atoms with Crippen molar-refractivity contribution in [3.05, 3.63) is 59.2 Å². The van der Waals surface area contributed by atoms with Gasteiger partial charge in [-0.25, -0.2) is 8.78 Å². The maximum absolute atomic E-state index is 13.6. The molecule has 0 heterocycles. The Morgan fingerprint density at radius 3 is 2.63 bits per heavy atom. The first-order valence-corrected chi connectivity index (χ1v) is 6.01. The van der Waals surface area contributed by atoms with Crippen molar-refractivity contribution in [3.63, 3.8) is 0 Å². The van der Waals surface area contributed by atoms with Gasteiger partial charge in [0.05, 0.1) is 11.4 Å². The van der Waals surface area contributed by atoms with Crippen LogP contribution in [0.5, 0.6) is 0 Å². The first kappa shape index (κ1) is 13.4. The number of halogens is 2. The number of nitrogens with two attached hydrogens (primary N) is 1. The van der Waals surface area contributed by atoms with E-state index in [1.807, 2.05) is 13.0 Å². The van der Waals surface area contributed by atoms with E-state index >= 15 is 0 Å². The predicted molar refractivity (Wildman–Crippen MR) is 76.7 cm³/mol. The molecule has 0 amide bonds. The molecule has 0 aromatic heterocycles. The lowest BCUT2D eigenvalue weighted by atomic mass is 10.1. The van der Waals surface area contributed by atoms with Gasteiger partial charge < -0.3 is 11.1 Å². The number of anilines is 2. The highest BCUT2D eigenvalue weighted by Crippen LogP contribution is 2.27. The molecule has 0 radical (unpaired) electrons. The average Bonchev–Trinajstić information content (AvgIpc) is 2.35. The smallest absolute Gasteiger partial charge is 0.146 e. The average molecular weight is 278 g/mol. The second kappa shape index (κ2) is 5.32. The van der Waals surface area contributed by atoms with Crippen LogP contribution < -0.4 is 11.1 Å². The van der Waals surface area contributed by atoms with Crippen LogP contribution in [0.1, 0.15) is 11.1 Å². The number of hydrogen-bond donors (Lipinski definition) is 2. The lowest BCUT2D eigenvalue weighted by Gasteiger charge is -2.14. The molecule has 0 spiro atoms. The van der Waals surface area contributed by atoms with Crippen LogP contribution in [0, 0.1) is 18.6 Å². The molecule has 2 aromatic carbocycles. The number of hydrogen-bond acceptors (Lipinski definition) is 2. The summed E-state index contributed by atoms with van der Waals surface area (Å²) in [5.74, 6) is -1.06. The number of nitrogens with one attached hydrogen (secondary N) is 1. The molecule has 5 heteroatoms. The Labute approximate surface area is 115 Å². The van der Waals surface area contributed by atoms with Gasteiger partial charge in [0.1, 0.15) is 16.6 Å². The fourth-order valence-corrected chi connectivity index (χ4v) is 1.94. The quantitative estimate of drug-likeness (QED) is 0.842. The highest BCUT2D eigenvalue weighted by Gasteiger charge is 2.11. The van der Waals surface area contributed by atoms with Crippen molar-refractivity contribution in [1.29, 1.82) is 0 Å². The van der Waals surface area contributed by atoms with E-state index < -0.39 is 11.6 Å². The summed E-state index contributed by atoms with van der Waals surface area (Å²) in [5, 5.41) is 2.85. The molecule has 0 saturated heterocycles. The first-order valence-electron chi connectivity index (χ1n) is 5.60. The Hall–Kier alpha value is -2.01. The standard InChI is InChI=1S/C14H12F2N2S/c1-8-3-2-4-10(14(17)19)13(8)18-12-7-9(15)5-6-11(12)16/h2-7,18H,1H3,(H2,17,19). The van der Waals surface area contributed by atoms with Crippen molar-refractivity contribution in [3.8, 4) is 0 Å². The van der Waals surface area contributed by atoms with Crippen molar-refractivity contribution in [1.82, 2.24) is 0 Å². The minimum absolute atomic E-state index is 0.0480. The molecule has 19 heavy (non-hydrogen) atoms. The number of aryl methyl sites for hydroxylation is 1. The van der Waals surface area contributed by atoms with Crippen molar-refractivity contribution < 1.29 is 8.78 Å². The number of para-hydroxylation sites is 1. The van der Waals surface area contributed by atoms with Gasteiger partial charge in [0.15, 0.2) is 0 Å². The van der Waals surface area contributed by atoms with Gasteiger partial charge in [-0.15, -0.1) is 0 Å². The summed E-state index contributed by atoms with van der Waals surface area (Å²) >= 11 is 4.95. The molecule has 0 unspecified atom stereocenters. The summed E-state index contributed by atoms with van der Waals surface area (Å²) in [6, 6.07) is 8.58. The van der Waals surface area contributed by atoms with Gasteiger partial charge in [-0.1, -0.05) is 24.4 Å². The molecule has 98 valence electrons. The molecule has 0 aliphatic heterocycles. The number of rotatable bonds is 3. The fourth-order valence-electron chi connectivity index (χ4n) is 1.77. The Morgan fingerprint density at radius 1 is 1.21 bits per heavy atom. The first-order chi connectivity index (χ1) is 8.99. The van der Waals surface area contributed by atoms with Crippen molar-refractivity contribution in [2.45, 2.75) is 6.92 Å².